The number of hydrogen-bond acceptors (Lipinski definition) is 5. The number of fused-ring (bicyclic) bond motifs is 3. The number of hydrogen-bond donors (Lipinski definition) is 1. The Kier molecular flexibility index (Phi) is 5.06. The van der Waals surface area contributed by atoms with E-state index in [9.17, 15) is 4.79 Å². The van der Waals surface area contributed by atoms with Crippen LogP contribution in [0.25, 0.3) is 21.9 Å². The predicted molar refractivity (Wildman–Crippen MR) is 117 cm³/mol. The zero-order valence-corrected chi connectivity index (χ0v) is 18.3. The number of carbonyl (C=O) groups excluding carboxylic acids is 1. The van der Waals surface area contributed by atoms with E-state index in [4.69, 9.17) is 27.6 Å². The van der Waals surface area contributed by atoms with Gasteiger partial charge in [0.15, 0.2) is 5.58 Å². The maximum absolute atomic E-state index is 13.2. The van der Waals surface area contributed by atoms with Crippen LogP contribution in [-0.4, -0.2) is 41.0 Å². The van der Waals surface area contributed by atoms with E-state index in [1.807, 2.05) is 5.38 Å². The first-order chi connectivity index (χ1) is 14.0. The van der Waals surface area contributed by atoms with E-state index in [2.05, 4.69) is 22.2 Å². The number of amides is 1. The Hall–Kier alpha value is -1.60. The molecule has 5 rings (SSSR count). The Morgan fingerprint density at radius 2 is 2.03 bits per heavy atom. The fourth-order valence-electron chi connectivity index (χ4n) is 4.71. The van der Waals surface area contributed by atoms with Crippen LogP contribution < -0.4 is 5.32 Å². The second kappa shape index (κ2) is 7.58. The molecule has 5 nitrogen and oxygen atoms in total. The van der Waals surface area contributed by atoms with Gasteiger partial charge >= 0.3 is 0 Å². The van der Waals surface area contributed by atoms with Crippen LogP contribution in [0.15, 0.2) is 28.0 Å². The monoisotopic (exact) mass is 449 g/mol. The van der Waals surface area contributed by atoms with Crippen LogP contribution >= 0.6 is 34.5 Å². The number of rotatable bonds is 3. The lowest BCUT2D eigenvalue weighted by molar-refractivity contribution is 0.0463. The number of aromatic nitrogens is 1. The molecule has 2 aromatic heterocycles. The Bertz CT molecular complexity index is 1070. The van der Waals surface area contributed by atoms with Crippen molar-refractivity contribution in [3.8, 4) is 10.8 Å². The van der Waals surface area contributed by atoms with E-state index in [0.717, 1.165) is 17.7 Å². The van der Waals surface area contributed by atoms with Gasteiger partial charge in [0.1, 0.15) is 10.4 Å². The standard InChI is InChI=1S/C21H21Cl2N3O2S/c1-26-13-3-2-4-14(26)10-12(9-13)24-20(27)15-7-11(22)8-17-18(15)25-21(28-17)19-16(23)5-6-29-19/h5-8,12-14H,2-4,9-10H2,1H3,(H,24,27). The van der Waals surface area contributed by atoms with Gasteiger partial charge in [0.25, 0.3) is 5.91 Å². The molecule has 152 valence electrons. The lowest BCUT2D eigenvalue weighted by Crippen LogP contribution is -2.55. The van der Waals surface area contributed by atoms with Crippen molar-refractivity contribution in [2.24, 2.45) is 0 Å². The minimum atomic E-state index is -0.151. The molecule has 0 spiro atoms. The third-order valence-corrected chi connectivity index (χ3v) is 7.74. The van der Waals surface area contributed by atoms with E-state index in [1.165, 1.54) is 30.6 Å². The predicted octanol–water partition coefficient (Wildman–Crippen LogP) is 5.61. The third-order valence-electron chi connectivity index (χ3n) is 6.19. The molecule has 1 N–H and O–H groups in total. The summed E-state index contributed by atoms with van der Waals surface area (Å²) >= 11 is 13.9. The summed E-state index contributed by atoms with van der Waals surface area (Å²) in [6, 6.07) is 6.41. The van der Waals surface area contributed by atoms with E-state index >= 15 is 0 Å². The number of oxazole rings is 1. The highest BCUT2D eigenvalue weighted by Crippen LogP contribution is 2.36. The van der Waals surface area contributed by atoms with Crippen molar-refractivity contribution < 1.29 is 9.21 Å². The second-order valence-corrected chi connectivity index (χ2v) is 9.72. The third kappa shape index (κ3) is 3.56. The number of benzene rings is 1. The lowest BCUT2D eigenvalue weighted by Gasteiger charge is -2.47. The van der Waals surface area contributed by atoms with Gasteiger partial charge in [-0.15, -0.1) is 11.3 Å². The molecule has 2 saturated heterocycles. The van der Waals surface area contributed by atoms with Gasteiger partial charge in [0, 0.05) is 29.2 Å². The number of nitrogens with one attached hydrogen (secondary N) is 1. The molecule has 1 aromatic carbocycles. The van der Waals surface area contributed by atoms with Crippen molar-refractivity contribution in [3.63, 3.8) is 0 Å². The fourth-order valence-corrected chi connectivity index (χ4v) is 5.98. The molecule has 2 bridgehead atoms. The van der Waals surface area contributed by atoms with Crippen LogP contribution in [0.1, 0.15) is 42.5 Å². The zero-order chi connectivity index (χ0) is 20.1. The minimum absolute atomic E-state index is 0.151. The van der Waals surface area contributed by atoms with Crippen LogP contribution in [0.5, 0.6) is 0 Å². The van der Waals surface area contributed by atoms with Gasteiger partial charge in [0.2, 0.25) is 5.89 Å². The summed E-state index contributed by atoms with van der Waals surface area (Å²) < 4.78 is 5.87. The number of thiophene rings is 1. The molecule has 29 heavy (non-hydrogen) atoms. The summed E-state index contributed by atoms with van der Waals surface area (Å²) in [6.45, 7) is 0. The Balaban J connectivity index is 1.44. The molecule has 2 aliphatic heterocycles. The van der Waals surface area contributed by atoms with E-state index in [0.29, 0.717) is 44.7 Å². The van der Waals surface area contributed by atoms with E-state index in [-0.39, 0.29) is 11.9 Å². The Labute approximate surface area is 183 Å². The van der Waals surface area contributed by atoms with Crippen molar-refractivity contribution in [1.29, 1.82) is 0 Å². The first-order valence-corrected chi connectivity index (χ1v) is 11.5. The molecule has 2 aliphatic rings. The molecule has 0 saturated carbocycles. The van der Waals surface area contributed by atoms with Gasteiger partial charge < -0.3 is 14.6 Å². The van der Waals surface area contributed by atoms with Crippen LogP contribution in [0.4, 0.5) is 0 Å². The first-order valence-electron chi connectivity index (χ1n) is 9.86. The van der Waals surface area contributed by atoms with Crippen molar-refractivity contribution in [3.05, 3.63) is 39.2 Å². The molecule has 8 heteroatoms. The SMILES string of the molecule is CN1C2CCCC1CC(NC(=O)c1cc(Cl)cc3oc(-c4sccc4Cl)nc13)C2. The lowest BCUT2D eigenvalue weighted by atomic mass is 9.82. The molecule has 0 radical (unpaired) electrons. The molecular weight excluding hydrogens is 429 g/mol. The van der Waals surface area contributed by atoms with Gasteiger partial charge in [-0.3, -0.25) is 4.79 Å². The van der Waals surface area contributed by atoms with Crippen LogP contribution in [0, 0.1) is 0 Å². The fraction of sp³-hybridized carbons (Fsp3) is 0.429. The van der Waals surface area contributed by atoms with Gasteiger partial charge in [-0.2, -0.15) is 0 Å². The average Bonchev–Trinajstić information content (AvgIpc) is 3.27. The summed E-state index contributed by atoms with van der Waals surface area (Å²) in [5.41, 5.74) is 1.45. The highest BCUT2D eigenvalue weighted by atomic mass is 35.5. The maximum atomic E-state index is 13.2. The largest absolute Gasteiger partial charge is 0.435 e. The Morgan fingerprint density at radius 1 is 1.28 bits per heavy atom. The molecule has 3 aromatic rings. The van der Waals surface area contributed by atoms with Crippen molar-refractivity contribution in [1.82, 2.24) is 15.2 Å². The molecule has 0 aliphatic carbocycles. The smallest absolute Gasteiger partial charge is 0.253 e. The van der Waals surface area contributed by atoms with Crippen molar-refractivity contribution in [2.75, 3.05) is 7.05 Å². The first kappa shape index (κ1) is 19.4. The van der Waals surface area contributed by atoms with Crippen LogP contribution in [-0.2, 0) is 0 Å². The van der Waals surface area contributed by atoms with E-state index < -0.39 is 0 Å². The summed E-state index contributed by atoms with van der Waals surface area (Å²) in [4.78, 5) is 21.0. The molecule has 4 heterocycles. The minimum Gasteiger partial charge on any atom is -0.435 e. The summed E-state index contributed by atoms with van der Waals surface area (Å²) in [6.07, 6.45) is 5.65. The van der Waals surface area contributed by atoms with E-state index in [1.54, 1.807) is 18.2 Å². The number of piperidine rings is 2. The molecule has 2 unspecified atom stereocenters. The summed E-state index contributed by atoms with van der Waals surface area (Å²) in [7, 11) is 2.21. The number of carbonyl (C=O) groups is 1. The number of nitrogens with zero attached hydrogens (tertiary/aromatic N) is 2. The van der Waals surface area contributed by atoms with Gasteiger partial charge in [0.05, 0.1) is 10.6 Å². The Morgan fingerprint density at radius 3 is 2.72 bits per heavy atom. The van der Waals surface area contributed by atoms with Gasteiger partial charge in [-0.25, -0.2) is 4.98 Å². The van der Waals surface area contributed by atoms with Gasteiger partial charge in [-0.05, 0) is 50.2 Å². The topological polar surface area (TPSA) is 58.4 Å². The second-order valence-electron chi connectivity index (χ2n) is 7.96. The van der Waals surface area contributed by atoms with Gasteiger partial charge in [-0.1, -0.05) is 29.6 Å². The van der Waals surface area contributed by atoms with Crippen molar-refractivity contribution in [2.45, 2.75) is 50.2 Å². The molecule has 2 atom stereocenters. The average molecular weight is 450 g/mol. The quantitative estimate of drug-likeness (QED) is 0.564. The normalized spacial score (nSPS) is 24.7. The molecule has 1 amide bonds. The molecule has 2 fully saturated rings. The van der Waals surface area contributed by atoms with Crippen LogP contribution in [0.3, 0.4) is 0 Å². The maximum Gasteiger partial charge on any atom is 0.253 e. The highest BCUT2D eigenvalue weighted by molar-refractivity contribution is 7.14. The van der Waals surface area contributed by atoms with Crippen LogP contribution in [0.2, 0.25) is 10.0 Å². The summed E-state index contributed by atoms with van der Waals surface area (Å²) in [5, 5.41) is 6.14. The zero-order valence-electron chi connectivity index (χ0n) is 16.0. The summed E-state index contributed by atoms with van der Waals surface area (Å²) in [5.74, 6) is 0.257. The molecular formula is C21H21Cl2N3O2S. The van der Waals surface area contributed by atoms with Crippen molar-refractivity contribution >= 4 is 51.5 Å². The number of halogens is 2. The highest BCUT2D eigenvalue weighted by Gasteiger charge is 2.36.